The Morgan fingerprint density at radius 2 is 2.04 bits per heavy atom. The minimum Gasteiger partial charge on any atom is -0.383 e. The Labute approximate surface area is 141 Å². The third-order valence-corrected chi connectivity index (χ3v) is 3.44. The van der Waals surface area contributed by atoms with Crippen LogP contribution in [0.3, 0.4) is 0 Å². The van der Waals surface area contributed by atoms with Gasteiger partial charge < -0.3 is 9.80 Å². The molecule has 0 aliphatic rings. The van der Waals surface area contributed by atoms with Crippen LogP contribution in [-0.2, 0) is 4.79 Å². The number of allylic oxidation sites excluding steroid dienone is 1. The van der Waals surface area contributed by atoms with Crippen molar-refractivity contribution in [3.63, 3.8) is 0 Å². The maximum atomic E-state index is 11.6. The number of rotatable bonds is 5. The predicted molar refractivity (Wildman–Crippen MR) is 95.0 cm³/mol. The molecule has 0 atom stereocenters. The maximum Gasteiger partial charge on any atom is 0.223 e. The SMILES string of the molecule is CC(=O)N(C)c1cccc(C(/C=C/N(C)C)=N/n2cnnc2C)c1. The quantitative estimate of drug-likeness (QED) is 0.787. The molecule has 1 heterocycles. The molecule has 1 aromatic carbocycles. The van der Waals surface area contributed by atoms with Crippen LogP contribution in [0.1, 0.15) is 18.3 Å². The van der Waals surface area contributed by atoms with E-state index in [-0.39, 0.29) is 5.91 Å². The normalized spacial score (nSPS) is 11.8. The summed E-state index contributed by atoms with van der Waals surface area (Å²) in [6.45, 7) is 3.37. The molecule has 0 saturated heterocycles. The van der Waals surface area contributed by atoms with Crippen LogP contribution in [0.25, 0.3) is 0 Å². The van der Waals surface area contributed by atoms with Crippen LogP contribution in [0.5, 0.6) is 0 Å². The average Bonchev–Trinajstić information content (AvgIpc) is 2.95. The third kappa shape index (κ3) is 4.28. The number of nitrogens with zero attached hydrogens (tertiary/aromatic N) is 6. The van der Waals surface area contributed by atoms with Crippen molar-refractivity contribution in [3.05, 3.63) is 54.3 Å². The summed E-state index contributed by atoms with van der Waals surface area (Å²) >= 11 is 0. The fraction of sp³-hybridized carbons (Fsp3) is 0.294. The van der Waals surface area contributed by atoms with E-state index in [2.05, 4.69) is 15.3 Å². The van der Waals surface area contributed by atoms with Gasteiger partial charge in [-0.1, -0.05) is 12.1 Å². The topological polar surface area (TPSA) is 66.6 Å². The molecule has 0 bridgehead atoms. The molecule has 0 unspecified atom stereocenters. The van der Waals surface area contributed by atoms with E-state index in [1.54, 1.807) is 23.0 Å². The second-order valence-corrected chi connectivity index (χ2v) is 5.62. The largest absolute Gasteiger partial charge is 0.383 e. The zero-order valence-electron chi connectivity index (χ0n) is 14.6. The lowest BCUT2D eigenvalue weighted by molar-refractivity contribution is -0.116. The first-order valence-electron chi connectivity index (χ1n) is 7.53. The lowest BCUT2D eigenvalue weighted by Crippen LogP contribution is -2.23. The molecule has 24 heavy (non-hydrogen) atoms. The zero-order chi connectivity index (χ0) is 17.7. The summed E-state index contributed by atoms with van der Waals surface area (Å²) in [7, 11) is 5.63. The lowest BCUT2D eigenvalue weighted by atomic mass is 10.1. The summed E-state index contributed by atoms with van der Waals surface area (Å²) in [6.07, 6.45) is 5.39. The Balaban J connectivity index is 2.48. The molecule has 0 saturated carbocycles. The molecule has 0 radical (unpaired) electrons. The Morgan fingerprint density at radius 1 is 1.29 bits per heavy atom. The van der Waals surface area contributed by atoms with Crippen molar-refractivity contribution in [3.8, 4) is 0 Å². The molecule has 2 rings (SSSR count). The van der Waals surface area contributed by atoms with E-state index < -0.39 is 0 Å². The monoisotopic (exact) mass is 326 g/mol. The summed E-state index contributed by atoms with van der Waals surface area (Å²) in [6, 6.07) is 7.68. The van der Waals surface area contributed by atoms with Gasteiger partial charge in [-0.25, -0.2) is 4.68 Å². The van der Waals surface area contributed by atoms with Gasteiger partial charge >= 0.3 is 0 Å². The van der Waals surface area contributed by atoms with Crippen LogP contribution in [0.15, 0.2) is 48.0 Å². The molecule has 0 aliphatic carbocycles. The first-order chi connectivity index (χ1) is 11.4. The summed E-state index contributed by atoms with van der Waals surface area (Å²) in [5.74, 6) is 0.673. The van der Waals surface area contributed by atoms with Crippen LogP contribution in [0.4, 0.5) is 5.69 Å². The number of benzene rings is 1. The highest BCUT2D eigenvalue weighted by Crippen LogP contribution is 2.16. The van der Waals surface area contributed by atoms with Crippen molar-refractivity contribution in [1.82, 2.24) is 19.8 Å². The molecule has 0 fully saturated rings. The molecular formula is C17H22N6O. The molecule has 126 valence electrons. The first-order valence-corrected chi connectivity index (χ1v) is 7.53. The molecule has 7 nitrogen and oxygen atoms in total. The number of amides is 1. The highest BCUT2D eigenvalue weighted by Gasteiger charge is 2.09. The van der Waals surface area contributed by atoms with Crippen LogP contribution < -0.4 is 4.90 Å². The standard InChI is InChI=1S/C17H22N6O/c1-13-19-18-12-23(13)20-17(9-10-21(3)4)15-7-6-8-16(11-15)22(5)14(2)24/h6-12H,1-5H3/b10-9+,20-17+. The van der Waals surface area contributed by atoms with Gasteiger partial charge in [0.1, 0.15) is 6.33 Å². The van der Waals surface area contributed by atoms with Crippen molar-refractivity contribution < 1.29 is 4.79 Å². The van der Waals surface area contributed by atoms with E-state index in [4.69, 9.17) is 0 Å². The van der Waals surface area contributed by atoms with E-state index >= 15 is 0 Å². The summed E-state index contributed by atoms with van der Waals surface area (Å²) < 4.78 is 1.62. The molecular weight excluding hydrogens is 304 g/mol. The average molecular weight is 326 g/mol. The molecule has 0 spiro atoms. The highest BCUT2D eigenvalue weighted by atomic mass is 16.2. The fourth-order valence-electron chi connectivity index (χ4n) is 1.96. The van der Waals surface area contributed by atoms with Gasteiger partial charge in [-0.3, -0.25) is 4.79 Å². The number of hydrogen-bond acceptors (Lipinski definition) is 5. The van der Waals surface area contributed by atoms with E-state index in [0.29, 0.717) is 5.82 Å². The van der Waals surface area contributed by atoms with Crippen molar-refractivity contribution in [1.29, 1.82) is 0 Å². The van der Waals surface area contributed by atoms with Crippen LogP contribution in [0, 0.1) is 6.92 Å². The molecule has 2 aromatic rings. The highest BCUT2D eigenvalue weighted by molar-refractivity contribution is 6.09. The van der Waals surface area contributed by atoms with Crippen molar-refractivity contribution in [2.24, 2.45) is 5.10 Å². The number of anilines is 1. The minimum absolute atomic E-state index is 0.0240. The number of carbonyl (C=O) groups is 1. The Bertz CT molecular complexity index is 775. The zero-order valence-corrected chi connectivity index (χ0v) is 14.6. The van der Waals surface area contributed by atoms with Gasteiger partial charge in [-0.05, 0) is 25.1 Å². The van der Waals surface area contributed by atoms with Crippen molar-refractivity contribution in [2.75, 3.05) is 26.0 Å². The third-order valence-electron chi connectivity index (χ3n) is 3.44. The minimum atomic E-state index is -0.0240. The van der Waals surface area contributed by atoms with Crippen LogP contribution in [0.2, 0.25) is 0 Å². The van der Waals surface area contributed by atoms with Crippen molar-refractivity contribution in [2.45, 2.75) is 13.8 Å². The number of carbonyl (C=O) groups excluding carboxylic acids is 1. The molecule has 0 N–H and O–H groups in total. The van der Waals surface area contributed by atoms with Gasteiger partial charge in [0.05, 0.1) is 5.71 Å². The summed E-state index contributed by atoms with van der Waals surface area (Å²) in [4.78, 5) is 15.1. The van der Waals surface area contributed by atoms with Gasteiger partial charge in [0.15, 0.2) is 5.82 Å². The van der Waals surface area contributed by atoms with Gasteiger partial charge in [0.2, 0.25) is 5.91 Å². The Hall–Kier alpha value is -2.96. The van der Waals surface area contributed by atoms with Crippen molar-refractivity contribution >= 4 is 17.3 Å². The second-order valence-electron chi connectivity index (χ2n) is 5.62. The predicted octanol–water partition coefficient (Wildman–Crippen LogP) is 1.90. The van der Waals surface area contributed by atoms with Crippen LogP contribution in [-0.4, -0.2) is 52.5 Å². The number of aromatic nitrogens is 3. The Kier molecular flexibility index (Phi) is 5.47. The van der Waals surface area contributed by atoms with Gasteiger partial charge in [0, 0.05) is 45.5 Å². The van der Waals surface area contributed by atoms with Gasteiger partial charge in [-0.15, -0.1) is 10.2 Å². The Morgan fingerprint density at radius 3 is 2.62 bits per heavy atom. The summed E-state index contributed by atoms with van der Waals surface area (Å²) in [5, 5.41) is 12.4. The first kappa shape index (κ1) is 17.4. The van der Waals surface area contributed by atoms with E-state index in [1.807, 2.05) is 62.5 Å². The fourth-order valence-corrected chi connectivity index (χ4v) is 1.96. The molecule has 1 aromatic heterocycles. The maximum absolute atomic E-state index is 11.6. The van der Waals surface area contributed by atoms with E-state index in [1.165, 1.54) is 6.92 Å². The number of aryl methyl sites for hydroxylation is 1. The number of hydrogen-bond donors (Lipinski definition) is 0. The van der Waals surface area contributed by atoms with Gasteiger partial charge in [0.25, 0.3) is 0 Å². The molecule has 0 aliphatic heterocycles. The second kappa shape index (κ2) is 7.54. The smallest absolute Gasteiger partial charge is 0.223 e. The van der Waals surface area contributed by atoms with E-state index in [0.717, 1.165) is 17.0 Å². The lowest BCUT2D eigenvalue weighted by Gasteiger charge is -2.16. The van der Waals surface area contributed by atoms with Gasteiger partial charge in [-0.2, -0.15) is 5.10 Å². The van der Waals surface area contributed by atoms with E-state index in [9.17, 15) is 4.79 Å². The molecule has 1 amide bonds. The molecule has 7 heteroatoms. The summed E-state index contributed by atoms with van der Waals surface area (Å²) in [5.41, 5.74) is 2.45. The van der Waals surface area contributed by atoms with Crippen LogP contribution >= 0.6 is 0 Å².